The molecule has 1 amide bonds. The third kappa shape index (κ3) is 3.21. The van der Waals surface area contributed by atoms with E-state index in [1.165, 1.54) is 0 Å². The lowest BCUT2D eigenvalue weighted by Gasteiger charge is -2.10. The zero-order chi connectivity index (χ0) is 17.3. The standard InChI is InChI=1S/C18H13ClF2N2O/c1-10-6-11(12-4-2-3-5-17(12)23-10)9-22-18(24)13-7-15(20)16(21)8-14(13)19/h2-8H,9H2,1H3,(H,22,24). The summed E-state index contributed by atoms with van der Waals surface area (Å²) in [5, 5.41) is 3.46. The molecule has 0 fully saturated rings. The average molecular weight is 347 g/mol. The Morgan fingerprint density at radius 1 is 1.17 bits per heavy atom. The number of halogens is 3. The molecular formula is C18H13ClF2N2O. The smallest absolute Gasteiger partial charge is 0.253 e. The first kappa shape index (κ1) is 16.3. The first-order valence-corrected chi connectivity index (χ1v) is 7.61. The van der Waals surface area contributed by atoms with Crippen molar-refractivity contribution in [2.75, 3.05) is 0 Å². The molecular weight excluding hydrogens is 334 g/mol. The lowest BCUT2D eigenvalue weighted by Crippen LogP contribution is -2.23. The highest BCUT2D eigenvalue weighted by molar-refractivity contribution is 6.33. The molecule has 1 heterocycles. The molecule has 0 unspecified atom stereocenters. The molecule has 122 valence electrons. The van der Waals surface area contributed by atoms with Gasteiger partial charge >= 0.3 is 0 Å². The number of pyridine rings is 1. The number of carbonyl (C=O) groups excluding carboxylic acids is 1. The Kier molecular flexibility index (Phi) is 4.44. The number of aryl methyl sites for hydroxylation is 1. The summed E-state index contributed by atoms with van der Waals surface area (Å²) in [5.41, 5.74) is 2.42. The van der Waals surface area contributed by atoms with Gasteiger partial charge in [-0.3, -0.25) is 9.78 Å². The van der Waals surface area contributed by atoms with Crippen LogP contribution in [0.3, 0.4) is 0 Å². The van der Waals surface area contributed by atoms with Crippen molar-refractivity contribution in [3.63, 3.8) is 0 Å². The van der Waals surface area contributed by atoms with Crippen molar-refractivity contribution in [3.05, 3.63) is 75.9 Å². The number of para-hydroxylation sites is 1. The molecule has 1 N–H and O–H groups in total. The van der Waals surface area contributed by atoms with Crippen molar-refractivity contribution in [2.24, 2.45) is 0 Å². The molecule has 3 rings (SSSR count). The summed E-state index contributed by atoms with van der Waals surface area (Å²) in [7, 11) is 0. The van der Waals surface area contributed by atoms with Crippen LogP contribution in [0.15, 0.2) is 42.5 Å². The quantitative estimate of drug-likeness (QED) is 0.714. The van der Waals surface area contributed by atoms with E-state index in [9.17, 15) is 13.6 Å². The van der Waals surface area contributed by atoms with E-state index in [1.54, 1.807) is 0 Å². The minimum Gasteiger partial charge on any atom is -0.348 e. The highest BCUT2D eigenvalue weighted by Gasteiger charge is 2.15. The van der Waals surface area contributed by atoms with Gasteiger partial charge in [-0.25, -0.2) is 8.78 Å². The zero-order valence-corrected chi connectivity index (χ0v) is 13.5. The Bertz CT molecular complexity index is 944. The summed E-state index contributed by atoms with van der Waals surface area (Å²) in [6, 6.07) is 11.0. The van der Waals surface area contributed by atoms with Crippen molar-refractivity contribution in [1.29, 1.82) is 0 Å². The Labute approximate surface area is 142 Å². The number of nitrogens with one attached hydrogen (secondary N) is 1. The third-order valence-corrected chi connectivity index (χ3v) is 3.94. The van der Waals surface area contributed by atoms with Crippen LogP contribution in [0.4, 0.5) is 8.78 Å². The van der Waals surface area contributed by atoms with E-state index in [4.69, 9.17) is 11.6 Å². The van der Waals surface area contributed by atoms with Crippen LogP contribution >= 0.6 is 11.6 Å². The number of rotatable bonds is 3. The lowest BCUT2D eigenvalue weighted by atomic mass is 10.1. The fourth-order valence-electron chi connectivity index (χ4n) is 2.51. The number of fused-ring (bicyclic) bond motifs is 1. The van der Waals surface area contributed by atoms with Crippen LogP contribution < -0.4 is 5.32 Å². The summed E-state index contributed by atoms with van der Waals surface area (Å²) in [4.78, 5) is 16.7. The van der Waals surface area contributed by atoms with Gasteiger partial charge in [0.25, 0.3) is 5.91 Å². The van der Waals surface area contributed by atoms with Crippen molar-refractivity contribution >= 4 is 28.4 Å². The highest BCUT2D eigenvalue weighted by Crippen LogP contribution is 2.21. The van der Waals surface area contributed by atoms with E-state index in [-0.39, 0.29) is 17.1 Å². The lowest BCUT2D eigenvalue weighted by molar-refractivity contribution is 0.0950. The Morgan fingerprint density at radius 3 is 2.67 bits per heavy atom. The molecule has 0 saturated carbocycles. The number of hydrogen-bond acceptors (Lipinski definition) is 2. The molecule has 0 radical (unpaired) electrons. The summed E-state index contributed by atoms with van der Waals surface area (Å²) >= 11 is 5.82. The summed E-state index contributed by atoms with van der Waals surface area (Å²) < 4.78 is 26.4. The second-order valence-corrected chi connectivity index (χ2v) is 5.78. The topological polar surface area (TPSA) is 42.0 Å². The number of nitrogens with zero attached hydrogens (tertiary/aromatic N) is 1. The van der Waals surface area contributed by atoms with E-state index in [0.717, 1.165) is 34.3 Å². The predicted molar refractivity (Wildman–Crippen MR) is 89.0 cm³/mol. The second kappa shape index (κ2) is 6.53. The number of benzene rings is 2. The summed E-state index contributed by atoms with van der Waals surface area (Å²) in [5.74, 6) is -2.78. The van der Waals surface area contributed by atoms with Crippen LogP contribution in [-0.2, 0) is 6.54 Å². The molecule has 3 aromatic rings. The van der Waals surface area contributed by atoms with Crippen LogP contribution in [0.25, 0.3) is 10.9 Å². The van der Waals surface area contributed by atoms with Crippen molar-refractivity contribution in [2.45, 2.75) is 13.5 Å². The van der Waals surface area contributed by atoms with Gasteiger partial charge in [-0.2, -0.15) is 0 Å². The van der Waals surface area contributed by atoms with E-state index in [2.05, 4.69) is 10.3 Å². The van der Waals surface area contributed by atoms with Crippen molar-refractivity contribution < 1.29 is 13.6 Å². The Balaban J connectivity index is 1.86. The molecule has 0 saturated heterocycles. The molecule has 0 bridgehead atoms. The van der Waals surface area contributed by atoms with E-state index >= 15 is 0 Å². The van der Waals surface area contributed by atoms with Crippen LogP contribution in [0.2, 0.25) is 5.02 Å². The largest absolute Gasteiger partial charge is 0.348 e. The summed E-state index contributed by atoms with van der Waals surface area (Å²) in [6.07, 6.45) is 0. The van der Waals surface area contributed by atoms with Gasteiger partial charge in [0.15, 0.2) is 11.6 Å². The Hall–Kier alpha value is -2.53. The number of carbonyl (C=O) groups is 1. The Morgan fingerprint density at radius 2 is 1.88 bits per heavy atom. The third-order valence-electron chi connectivity index (χ3n) is 3.62. The van der Waals surface area contributed by atoms with Crippen molar-refractivity contribution in [1.82, 2.24) is 10.3 Å². The van der Waals surface area contributed by atoms with Gasteiger partial charge in [-0.1, -0.05) is 29.8 Å². The van der Waals surface area contributed by atoms with E-state index in [1.807, 2.05) is 37.3 Å². The SMILES string of the molecule is Cc1cc(CNC(=O)c2cc(F)c(F)cc2Cl)c2ccccc2n1. The first-order chi connectivity index (χ1) is 11.5. The molecule has 0 aliphatic heterocycles. The fraction of sp³-hybridized carbons (Fsp3) is 0.111. The molecule has 1 aromatic heterocycles. The maximum atomic E-state index is 13.3. The fourth-order valence-corrected chi connectivity index (χ4v) is 2.74. The number of amides is 1. The van der Waals surface area contributed by atoms with Gasteiger partial charge in [0.05, 0.1) is 16.1 Å². The highest BCUT2D eigenvalue weighted by atomic mass is 35.5. The number of hydrogen-bond donors (Lipinski definition) is 1. The van der Waals surface area contributed by atoms with E-state index in [0.29, 0.717) is 0 Å². The molecule has 24 heavy (non-hydrogen) atoms. The van der Waals surface area contributed by atoms with Crippen LogP contribution in [-0.4, -0.2) is 10.9 Å². The number of aromatic nitrogens is 1. The minimum atomic E-state index is -1.12. The molecule has 6 heteroatoms. The molecule has 0 spiro atoms. The van der Waals surface area contributed by atoms with Gasteiger partial charge in [0.1, 0.15) is 0 Å². The summed E-state index contributed by atoms with van der Waals surface area (Å²) in [6.45, 7) is 2.09. The second-order valence-electron chi connectivity index (χ2n) is 5.37. The van der Waals surface area contributed by atoms with Crippen LogP contribution in [0, 0.1) is 18.6 Å². The van der Waals surface area contributed by atoms with Gasteiger partial charge < -0.3 is 5.32 Å². The first-order valence-electron chi connectivity index (χ1n) is 7.23. The maximum Gasteiger partial charge on any atom is 0.253 e. The molecule has 0 atom stereocenters. The molecule has 2 aromatic carbocycles. The van der Waals surface area contributed by atoms with Crippen molar-refractivity contribution in [3.8, 4) is 0 Å². The van der Waals surface area contributed by atoms with Gasteiger partial charge in [-0.05, 0) is 36.8 Å². The monoisotopic (exact) mass is 346 g/mol. The molecule has 3 nitrogen and oxygen atoms in total. The zero-order valence-electron chi connectivity index (χ0n) is 12.7. The van der Waals surface area contributed by atoms with E-state index < -0.39 is 17.5 Å². The maximum absolute atomic E-state index is 13.3. The molecule has 0 aliphatic carbocycles. The van der Waals surface area contributed by atoms with Crippen LogP contribution in [0.1, 0.15) is 21.6 Å². The van der Waals surface area contributed by atoms with Gasteiger partial charge in [0.2, 0.25) is 0 Å². The van der Waals surface area contributed by atoms with Gasteiger partial charge in [-0.15, -0.1) is 0 Å². The molecule has 0 aliphatic rings. The minimum absolute atomic E-state index is 0.106. The van der Waals surface area contributed by atoms with Crippen LogP contribution in [0.5, 0.6) is 0 Å². The van der Waals surface area contributed by atoms with Gasteiger partial charge in [0, 0.05) is 17.6 Å². The predicted octanol–water partition coefficient (Wildman–Crippen LogP) is 4.40. The normalized spacial score (nSPS) is 10.8. The average Bonchev–Trinajstić information content (AvgIpc) is 2.55.